The third kappa shape index (κ3) is 3.13. The Kier molecular flexibility index (Phi) is 3.91. The van der Waals surface area contributed by atoms with Crippen molar-refractivity contribution in [3.05, 3.63) is 11.4 Å². The number of hydrogen-bond donors (Lipinski definition) is 4. The predicted octanol–water partition coefficient (Wildman–Crippen LogP) is 1.70. The second-order valence-electron chi connectivity index (χ2n) is 5.21. The summed E-state index contributed by atoms with van der Waals surface area (Å²) in [5.41, 5.74) is 5.39. The molecule has 4 nitrogen and oxygen atoms in total. The molecule has 0 radical (unpaired) electrons. The molecule has 108 valence electrons. The zero-order chi connectivity index (χ0) is 14.0. The van der Waals surface area contributed by atoms with Gasteiger partial charge in [-0.25, -0.2) is 0 Å². The van der Waals surface area contributed by atoms with Crippen molar-refractivity contribution in [3.8, 4) is 0 Å². The number of hydrogen-bond acceptors (Lipinski definition) is 3. The van der Waals surface area contributed by atoms with Crippen LogP contribution < -0.4 is 16.4 Å². The fraction of sp³-hybridized carbons (Fsp3) is 0.750. The summed E-state index contributed by atoms with van der Waals surface area (Å²) in [6.07, 6.45) is 0.116. The molecule has 1 aliphatic carbocycles. The molecule has 1 fully saturated rings. The Morgan fingerprint density at radius 3 is 2.58 bits per heavy atom. The lowest BCUT2D eigenvalue weighted by molar-refractivity contribution is -0.159. The molecule has 0 amide bonds. The molecule has 5 N–H and O–H groups in total. The molecule has 0 saturated heterocycles. The van der Waals surface area contributed by atoms with Gasteiger partial charge in [-0.15, -0.1) is 0 Å². The van der Waals surface area contributed by atoms with Gasteiger partial charge in [0.2, 0.25) is 0 Å². The highest BCUT2D eigenvalue weighted by atomic mass is 19.4. The summed E-state index contributed by atoms with van der Waals surface area (Å²) >= 11 is 0. The van der Waals surface area contributed by atoms with Crippen LogP contribution in [0, 0.1) is 17.2 Å². The highest BCUT2D eigenvalue weighted by Crippen LogP contribution is 2.35. The lowest BCUT2D eigenvalue weighted by Crippen LogP contribution is -2.36. The van der Waals surface area contributed by atoms with Crippen molar-refractivity contribution in [2.45, 2.75) is 31.9 Å². The molecule has 1 aliphatic heterocycles. The second kappa shape index (κ2) is 5.30. The standard InChI is InChI=1S/C12H19F3N4/c13-12(14,15)8-6-19-11(17)9(8)10(16)18-5-7-3-1-2-4-7/h7-8,19H,1-6,17H2,(H2,16,18). The van der Waals surface area contributed by atoms with Crippen LogP contribution in [0.5, 0.6) is 0 Å². The van der Waals surface area contributed by atoms with Crippen LogP contribution in [0.1, 0.15) is 25.7 Å². The number of nitrogens with one attached hydrogen (secondary N) is 3. The van der Waals surface area contributed by atoms with Gasteiger partial charge in [0.15, 0.2) is 0 Å². The normalized spacial score (nSPS) is 24.7. The topological polar surface area (TPSA) is 73.9 Å². The van der Waals surface area contributed by atoms with E-state index in [4.69, 9.17) is 11.1 Å². The monoisotopic (exact) mass is 276 g/mol. The fourth-order valence-corrected chi connectivity index (χ4v) is 2.74. The Morgan fingerprint density at radius 1 is 1.37 bits per heavy atom. The minimum atomic E-state index is -4.37. The van der Waals surface area contributed by atoms with E-state index in [2.05, 4.69) is 10.6 Å². The molecular weight excluding hydrogens is 257 g/mol. The molecule has 0 spiro atoms. The second-order valence-corrected chi connectivity index (χ2v) is 5.21. The van der Waals surface area contributed by atoms with Crippen LogP contribution >= 0.6 is 0 Å². The van der Waals surface area contributed by atoms with Crippen LogP contribution in [0.2, 0.25) is 0 Å². The lowest BCUT2D eigenvalue weighted by Gasteiger charge is -2.20. The molecule has 2 rings (SSSR count). The zero-order valence-electron chi connectivity index (χ0n) is 10.6. The van der Waals surface area contributed by atoms with E-state index in [1.54, 1.807) is 0 Å². The summed E-state index contributed by atoms with van der Waals surface area (Å²) in [5.74, 6) is -1.46. The van der Waals surface area contributed by atoms with E-state index < -0.39 is 12.1 Å². The van der Waals surface area contributed by atoms with Gasteiger partial charge in [-0.3, -0.25) is 5.41 Å². The molecule has 0 aromatic rings. The number of amidine groups is 1. The quantitative estimate of drug-likeness (QED) is 0.468. The van der Waals surface area contributed by atoms with Crippen molar-refractivity contribution in [1.82, 2.24) is 10.6 Å². The first-order chi connectivity index (χ1) is 8.89. The third-order valence-electron chi connectivity index (χ3n) is 3.84. The predicted molar refractivity (Wildman–Crippen MR) is 66.4 cm³/mol. The summed E-state index contributed by atoms with van der Waals surface area (Å²) in [6, 6.07) is 0. The van der Waals surface area contributed by atoms with Crippen LogP contribution in [-0.4, -0.2) is 25.1 Å². The smallest absolute Gasteiger partial charge is 0.385 e. The maximum Gasteiger partial charge on any atom is 0.397 e. The Labute approximate surface area is 110 Å². The molecule has 2 aliphatic rings. The van der Waals surface area contributed by atoms with E-state index in [1.807, 2.05) is 0 Å². The Hall–Kier alpha value is -1.40. The largest absolute Gasteiger partial charge is 0.397 e. The van der Waals surface area contributed by atoms with E-state index in [1.165, 1.54) is 0 Å². The molecule has 0 aromatic heterocycles. The number of rotatable bonds is 3. The highest BCUT2D eigenvalue weighted by Gasteiger charge is 2.47. The summed E-state index contributed by atoms with van der Waals surface area (Å²) in [7, 11) is 0. The average Bonchev–Trinajstić information content (AvgIpc) is 2.93. The van der Waals surface area contributed by atoms with Gasteiger partial charge in [0.25, 0.3) is 0 Å². The Balaban J connectivity index is 1.98. The van der Waals surface area contributed by atoms with Crippen molar-refractivity contribution < 1.29 is 13.2 Å². The molecular formula is C12H19F3N4. The summed E-state index contributed by atoms with van der Waals surface area (Å²) in [6.45, 7) is 0.276. The van der Waals surface area contributed by atoms with Gasteiger partial charge in [-0.1, -0.05) is 12.8 Å². The van der Waals surface area contributed by atoms with Crippen molar-refractivity contribution >= 4 is 5.84 Å². The van der Waals surface area contributed by atoms with Gasteiger partial charge < -0.3 is 16.4 Å². The van der Waals surface area contributed by atoms with Crippen molar-refractivity contribution in [1.29, 1.82) is 5.41 Å². The average molecular weight is 276 g/mol. The molecule has 0 bridgehead atoms. The summed E-state index contributed by atoms with van der Waals surface area (Å²) < 4.78 is 38.5. The van der Waals surface area contributed by atoms with E-state index >= 15 is 0 Å². The SMILES string of the molecule is N=C(NCC1CCCC1)C1=C(N)NCC1C(F)(F)F. The Morgan fingerprint density at radius 2 is 2.00 bits per heavy atom. The van der Waals surface area contributed by atoms with E-state index in [-0.39, 0.29) is 23.8 Å². The van der Waals surface area contributed by atoms with Gasteiger partial charge in [-0.05, 0) is 18.8 Å². The number of alkyl halides is 3. The van der Waals surface area contributed by atoms with Gasteiger partial charge in [0, 0.05) is 18.7 Å². The maximum absolute atomic E-state index is 12.8. The van der Waals surface area contributed by atoms with E-state index in [0.29, 0.717) is 12.5 Å². The lowest BCUT2D eigenvalue weighted by atomic mass is 9.99. The summed E-state index contributed by atoms with van der Waals surface area (Å²) in [4.78, 5) is 0. The van der Waals surface area contributed by atoms with E-state index in [9.17, 15) is 13.2 Å². The van der Waals surface area contributed by atoms with Crippen LogP contribution in [0.25, 0.3) is 0 Å². The van der Waals surface area contributed by atoms with Crippen LogP contribution in [0.4, 0.5) is 13.2 Å². The maximum atomic E-state index is 12.8. The van der Waals surface area contributed by atoms with Crippen LogP contribution in [0.3, 0.4) is 0 Å². The summed E-state index contributed by atoms with van der Waals surface area (Å²) in [5, 5.41) is 13.1. The van der Waals surface area contributed by atoms with Gasteiger partial charge in [0.1, 0.15) is 17.6 Å². The molecule has 7 heteroatoms. The molecule has 0 aromatic carbocycles. The first-order valence-electron chi connectivity index (χ1n) is 6.52. The van der Waals surface area contributed by atoms with Crippen LogP contribution in [0.15, 0.2) is 11.4 Å². The van der Waals surface area contributed by atoms with Crippen molar-refractivity contribution in [2.75, 3.05) is 13.1 Å². The van der Waals surface area contributed by atoms with Crippen molar-refractivity contribution in [3.63, 3.8) is 0 Å². The van der Waals surface area contributed by atoms with Gasteiger partial charge >= 0.3 is 6.18 Å². The zero-order valence-corrected chi connectivity index (χ0v) is 10.6. The molecule has 1 heterocycles. The number of nitrogens with two attached hydrogens (primary N) is 1. The number of halogens is 3. The Bertz CT molecular complexity index is 383. The molecule has 1 atom stereocenters. The van der Waals surface area contributed by atoms with Gasteiger partial charge in [-0.2, -0.15) is 13.2 Å². The minimum absolute atomic E-state index is 0.0359. The fourth-order valence-electron chi connectivity index (χ4n) is 2.74. The molecule has 1 saturated carbocycles. The molecule has 1 unspecified atom stereocenters. The van der Waals surface area contributed by atoms with Gasteiger partial charge in [0.05, 0.1) is 0 Å². The third-order valence-corrected chi connectivity index (χ3v) is 3.84. The minimum Gasteiger partial charge on any atom is -0.385 e. The van der Waals surface area contributed by atoms with Crippen molar-refractivity contribution in [2.24, 2.45) is 17.6 Å². The highest BCUT2D eigenvalue weighted by molar-refractivity contribution is 5.97. The first kappa shape index (κ1) is 14.0. The van der Waals surface area contributed by atoms with Crippen LogP contribution in [-0.2, 0) is 0 Å². The molecule has 19 heavy (non-hydrogen) atoms. The first-order valence-corrected chi connectivity index (χ1v) is 6.52. The van der Waals surface area contributed by atoms with E-state index in [0.717, 1.165) is 25.7 Å².